The van der Waals surface area contributed by atoms with Crippen LogP contribution in [0.5, 0.6) is 5.75 Å². The summed E-state index contributed by atoms with van der Waals surface area (Å²) in [4.78, 5) is 10.7. The zero-order chi connectivity index (χ0) is 16.3. The van der Waals surface area contributed by atoms with Crippen LogP contribution in [-0.2, 0) is 16.0 Å². The highest BCUT2D eigenvalue weighted by molar-refractivity contribution is 5.70. The molecule has 1 aromatic rings. The summed E-state index contributed by atoms with van der Waals surface area (Å²) in [7, 11) is 0. The monoisotopic (exact) mass is 314 g/mol. The fraction of sp³-hybridized carbons (Fsp3) is 0.500. The van der Waals surface area contributed by atoms with Gasteiger partial charge in [0.1, 0.15) is 30.2 Å². The van der Waals surface area contributed by atoms with Crippen LogP contribution in [0.1, 0.15) is 5.56 Å². The van der Waals surface area contributed by atoms with Gasteiger partial charge in [0, 0.05) is 0 Å². The molecule has 8 nitrogen and oxygen atoms in total. The van der Waals surface area contributed by atoms with Gasteiger partial charge in [0.15, 0.2) is 0 Å². The fourth-order valence-corrected chi connectivity index (χ4v) is 2.20. The second-order valence-electron chi connectivity index (χ2n) is 5.03. The highest BCUT2D eigenvalue weighted by atomic mass is 16.7. The maximum absolute atomic E-state index is 10.7. The zero-order valence-corrected chi connectivity index (χ0v) is 11.6. The summed E-state index contributed by atoms with van der Waals surface area (Å²) in [6.45, 7) is -0.552. The van der Waals surface area contributed by atoms with Crippen molar-refractivity contribution >= 4 is 5.97 Å². The lowest BCUT2D eigenvalue weighted by molar-refractivity contribution is -0.277. The highest BCUT2D eigenvalue weighted by Gasteiger charge is 2.44. The Bertz CT molecular complexity index is 517. The number of aliphatic hydroxyl groups is 4. The molecule has 122 valence electrons. The molecule has 5 atom stereocenters. The first-order chi connectivity index (χ1) is 10.4. The topological polar surface area (TPSA) is 137 Å². The van der Waals surface area contributed by atoms with E-state index in [2.05, 4.69) is 0 Å². The van der Waals surface area contributed by atoms with Crippen LogP contribution in [0.2, 0.25) is 0 Å². The van der Waals surface area contributed by atoms with Gasteiger partial charge in [-0.15, -0.1) is 0 Å². The SMILES string of the molecule is O=C(O)Cc1cccc(OC2OC(CO)C(O)C(O)C2O)c1. The standard InChI is InChI=1S/C14H18O8/c15-6-9-11(18)12(19)13(20)14(22-9)21-8-3-1-2-7(4-8)5-10(16)17/h1-4,9,11-15,18-20H,5-6H2,(H,16,17). The van der Waals surface area contributed by atoms with Crippen molar-refractivity contribution in [3.8, 4) is 5.75 Å². The summed E-state index contributed by atoms with van der Waals surface area (Å²) in [5, 5.41) is 47.1. The van der Waals surface area contributed by atoms with Crippen LogP contribution < -0.4 is 4.74 Å². The number of carboxylic acid groups (broad SMARTS) is 1. The lowest BCUT2D eigenvalue weighted by atomic mass is 9.99. The minimum absolute atomic E-state index is 0.189. The molecule has 0 amide bonds. The Balaban J connectivity index is 2.10. The molecule has 1 aromatic carbocycles. The van der Waals surface area contributed by atoms with Crippen LogP contribution in [0.15, 0.2) is 24.3 Å². The third-order valence-electron chi connectivity index (χ3n) is 3.35. The zero-order valence-electron chi connectivity index (χ0n) is 11.6. The Morgan fingerprint density at radius 1 is 1.18 bits per heavy atom. The van der Waals surface area contributed by atoms with E-state index in [-0.39, 0.29) is 12.2 Å². The van der Waals surface area contributed by atoms with E-state index in [4.69, 9.17) is 19.7 Å². The van der Waals surface area contributed by atoms with Gasteiger partial charge < -0.3 is 35.0 Å². The molecule has 8 heteroatoms. The minimum atomic E-state index is -1.53. The molecule has 22 heavy (non-hydrogen) atoms. The lowest BCUT2D eigenvalue weighted by Gasteiger charge is -2.39. The molecule has 5 unspecified atom stereocenters. The molecule has 0 radical (unpaired) electrons. The van der Waals surface area contributed by atoms with Crippen molar-refractivity contribution in [1.29, 1.82) is 0 Å². The maximum atomic E-state index is 10.7. The number of carboxylic acids is 1. The number of aliphatic hydroxyl groups excluding tert-OH is 4. The molecule has 1 fully saturated rings. The van der Waals surface area contributed by atoms with Crippen molar-refractivity contribution in [2.45, 2.75) is 37.1 Å². The summed E-state index contributed by atoms with van der Waals surface area (Å²) in [5.74, 6) is -0.756. The number of hydrogen-bond donors (Lipinski definition) is 5. The van der Waals surface area contributed by atoms with Gasteiger partial charge >= 0.3 is 5.97 Å². The number of carbonyl (C=O) groups is 1. The molecule has 5 N–H and O–H groups in total. The third kappa shape index (κ3) is 3.73. The van der Waals surface area contributed by atoms with E-state index in [1.165, 1.54) is 12.1 Å². The number of ether oxygens (including phenoxy) is 2. The molecular weight excluding hydrogens is 296 g/mol. The van der Waals surface area contributed by atoms with E-state index in [0.29, 0.717) is 5.56 Å². The summed E-state index contributed by atoms with van der Waals surface area (Å²) in [6, 6.07) is 6.19. The number of aliphatic carboxylic acids is 1. The van der Waals surface area contributed by atoms with Gasteiger partial charge in [0.05, 0.1) is 13.0 Å². The summed E-state index contributed by atoms with van der Waals surface area (Å²) >= 11 is 0. The largest absolute Gasteiger partial charge is 0.481 e. The Kier molecular flexibility index (Phi) is 5.33. The normalized spacial score (nSPS) is 31.7. The molecule has 1 saturated heterocycles. The Hall–Kier alpha value is -1.71. The van der Waals surface area contributed by atoms with Gasteiger partial charge in [-0.3, -0.25) is 4.79 Å². The quantitative estimate of drug-likeness (QED) is 0.442. The molecule has 0 aromatic heterocycles. The van der Waals surface area contributed by atoms with Crippen LogP contribution in [0.25, 0.3) is 0 Å². The Labute approximate surface area is 126 Å². The van der Waals surface area contributed by atoms with Crippen LogP contribution in [0.4, 0.5) is 0 Å². The number of benzene rings is 1. The average molecular weight is 314 g/mol. The Morgan fingerprint density at radius 2 is 1.91 bits per heavy atom. The van der Waals surface area contributed by atoms with E-state index in [1.54, 1.807) is 12.1 Å². The van der Waals surface area contributed by atoms with Crippen molar-refractivity contribution in [3.63, 3.8) is 0 Å². The lowest BCUT2D eigenvalue weighted by Crippen LogP contribution is -2.60. The average Bonchev–Trinajstić information content (AvgIpc) is 2.47. The van der Waals surface area contributed by atoms with E-state index in [0.717, 1.165) is 0 Å². The van der Waals surface area contributed by atoms with E-state index >= 15 is 0 Å². The van der Waals surface area contributed by atoms with Crippen molar-refractivity contribution in [2.24, 2.45) is 0 Å². The molecule has 0 bridgehead atoms. The predicted octanol–water partition coefficient (Wildman–Crippen LogP) is -1.51. The van der Waals surface area contributed by atoms with Crippen molar-refractivity contribution in [2.75, 3.05) is 6.61 Å². The Morgan fingerprint density at radius 3 is 2.55 bits per heavy atom. The van der Waals surface area contributed by atoms with Gasteiger partial charge in [-0.1, -0.05) is 12.1 Å². The van der Waals surface area contributed by atoms with Gasteiger partial charge in [-0.2, -0.15) is 0 Å². The summed E-state index contributed by atoms with van der Waals surface area (Å²) in [5.41, 5.74) is 0.495. The van der Waals surface area contributed by atoms with Crippen LogP contribution >= 0.6 is 0 Å². The first-order valence-electron chi connectivity index (χ1n) is 6.70. The van der Waals surface area contributed by atoms with Gasteiger partial charge in [0.25, 0.3) is 0 Å². The van der Waals surface area contributed by atoms with Crippen LogP contribution in [0, 0.1) is 0 Å². The number of rotatable bonds is 5. The minimum Gasteiger partial charge on any atom is -0.481 e. The van der Waals surface area contributed by atoms with E-state index in [1.807, 2.05) is 0 Å². The van der Waals surface area contributed by atoms with Crippen molar-refractivity contribution in [1.82, 2.24) is 0 Å². The van der Waals surface area contributed by atoms with Crippen LogP contribution in [-0.4, -0.2) is 68.8 Å². The van der Waals surface area contributed by atoms with Crippen molar-refractivity contribution < 1.29 is 39.8 Å². The van der Waals surface area contributed by atoms with Gasteiger partial charge in [-0.05, 0) is 17.7 Å². The van der Waals surface area contributed by atoms with E-state index in [9.17, 15) is 20.1 Å². The summed E-state index contributed by atoms with van der Waals surface area (Å²) in [6.07, 6.45) is -7.05. The first kappa shape index (κ1) is 16.7. The smallest absolute Gasteiger partial charge is 0.307 e. The molecule has 1 heterocycles. The molecule has 0 spiro atoms. The van der Waals surface area contributed by atoms with E-state index < -0.39 is 43.3 Å². The number of hydrogen-bond acceptors (Lipinski definition) is 7. The van der Waals surface area contributed by atoms with Gasteiger partial charge in [-0.25, -0.2) is 0 Å². The predicted molar refractivity (Wildman–Crippen MR) is 72.2 cm³/mol. The molecule has 1 aliphatic heterocycles. The van der Waals surface area contributed by atoms with Crippen LogP contribution in [0.3, 0.4) is 0 Å². The van der Waals surface area contributed by atoms with Gasteiger partial charge in [0.2, 0.25) is 6.29 Å². The first-order valence-corrected chi connectivity index (χ1v) is 6.70. The molecule has 0 saturated carbocycles. The third-order valence-corrected chi connectivity index (χ3v) is 3.35. The second kappa shape index (κ2) is 7.03. The second-order valence-corrected chi connectivity index (χ2v) is 5.03. The van der Waals surface area contributed by atoms with Crippen molar-refractivity contribution in [3.05, 3.63) is 29.8 Å². The maximum Gasteiger partial charge on any atom is 0.307 e. The fourth-order valence-electron chi connectivity index (χ4n) is 2.20. The molecular formula is C14H18O8. The molecule has 2 rings (SSSR count). The highest BCUT2D eigenvalue weighted by Crippen LogP contribution is 2.24. The summed E-state index contributed by atoms with van der Waals surface area (Å²) < 4.78 is 10.6. The molecule has 1 aliphatic rings. The molecule has 0 aliphatic carbocycles.